The maximum absolute atomic E-state index is 10.5. The number of carbonyl (C=O) groups is 1. The number of aliphatic carboxylic acids is 1. The highest BCUT2D eigenvalue weighted by atomic mass is 32.1. The van der Waals surface area contributed by atoms with Gasteiger partial charge in [-0.05, 0) is 43.4 Å². The van der Waals surface area contributed by atoms with E-state index in [-0.39, 0.29) is 6.42 Å². The van der Waals surface area contributed by atoms with Crippen molar-refractivity contribution in [3.05, 3.63) is 40.3 Å². The van der Waals surface area contributed by atoms with Crippen LogP contribution in [0, 0.1) is 13.8 Å². The fourth-order valence-electron chi connectivity index (χ4n) is 1.89. The molecule has 0 aliphatic rings. The zero-order valence-electron chi connectivity index (χ0n) is 10.4. The lowest BCUT2D eigenvalue weighted by molar-refractivity contribution is -0.136. The minimum Gasteiger partial charge on any atom is -0.481 e. The van der Waals surface area contributed by atoms with Crippen molar-refractivity contribution in [1.29, 1.82) is 0 Å². The van der Waals surface area contributed by atoms with Gasteiger partial charge in [0.2, 0.25) is 0 Å². The predicted molar refractivity (Wildman–Crippen MR) is 73.0 cm³/mol. The summed E-state index contributed by atoms with van der Waals surface area (Å²) in [5, 5.41) is 8.66. The maximum Gasteiger partial charge on any atom is 0.303 e. The van der Waals surface area contributed by atoms with Gasteiger partial charge in [-0.1, -0.05) is 23.8 Å². The summed E-state index contributed by atoms with van der Waals surface area (Å²) >= 11 is 1.39. The molecular formula is C14H15NO2S. The molecule has 0 fully saturated rings. The Hall–Kier alpha value is -1.68. The van der Waals surface area contributed by atoms with Crippen molar-refractivity contribution in [2.75, 3.05) is 0 Å². The Labute approximate surface area is 110 Å². The molecule has 1 aromatic carbocycles. The normalized spacial score (nSPS) is 10.6. The topological polar surface area (TPSA) is 50.2 Å². The highest BCUT2D eigenvalue weighted by Gasteiger charge is 2.08. The van der Waals surface area contributed by atoms with E-state index in [9.17, 15) is 4.79 Å². The van der Waals surface area contributed by atoms with Gasteiger partial charge in [0.15, 0.2) is 0 Å². The van der Waals surface area contributed by atoms with Gasteiger partial charge < -0.3 is 5.11 Å². The van der Waals surface area contributed by atoms with Gasteiger partial charge in [0, 0.05) is 10.4 Å². The van der Waals surface area contributed by atoms with Gasteiger partial charge in [-0.2, -0.15) is 4.37 Å². The lowest BCUT2D eigenvalue weighted by Crippen LogP contribution is -1.95. The molecule has 2 aromatic rings. The molecule has 0 amide bonds. The van der Waals surface area contributed by atoms with E-state index in [0.717, 1.165) is 16.1 Å². The molecule has 0 saturated heterocycles. The van der Waals surface area contributed by atoms with E-state index in [1.807, 2.05) is 6.07 Å². The summed E-state index contributed by atoms with van der Waals surface area (Å²) in [6.45, 7) is 4.13. The average Bonchev–Trinajstić information content (AvgIpc) is 2.75. The Bertz CT molecular complexity index is 575. The lowest BCUT2D eigenvalue weighted by atomic mass is 10.0. The van der Waals surface area contributed by atoms with Crippen LogP contribution in [0.1, 0.15) is 22.4 Å². The third-order valence-electron chi connectivity index (χ3n) is 2.80. The first-order valence-electron chi connectivity index (χ1n) is 5.81. The summed E-state index contributed by atoms with van der Waals surface area (Å²) in [4.78, 5) is 11.5. The number of aromatic nitrogens is 1. The summed E-state index contributed by atoms with van der Waals surface area (Å²) in [5.41, 5.74) is 4.50. The van der Waals surface area contributed by atoms with Gasteiger partial charge in [0.1, 0.15) is 0 Å². The first kappa shape index (κ1) is 12.8. The first-order valence-corrected chi connectivity index (χ1v) is 6.58. The third-order valence-corrected chi connectivity index (χ3v) is 3.65. The Kier molecular flexibility index (Phi) is 3.77. The molecule has 0 atom stereocenters. The summed E-state index contributed by atoms with van der Waals surface area (Å²) in [5.74, 6) is -0.767. The molecule has 0 aliphatic heterocycles. The highest BCUT2D eigenvalue weighted by molar-refractivity contribution is 7.06. The fraction of sp³-hybridized carbons (Fsp3) is 0.286. The van der Waals surface area contributed by atoms with Crippen LogP contribution in [-0.2, 0) is 11.2 Å². The van der Waals surface area contributed by atoms with E-state index in [0.29, 0.717) is 6.42 Å². The minimum absolute atomic E-state index is 0.161. The molecule has 1 aromatic heterocycles. The van der Waals surface area contributed by atoms with Crippen LogP contribution in [0.3, 0.4) is 0 Å². The molecule has 4 heteroatoms. The van der Waals surface area contributed by atoms with Gasteiger partial charge in [-0.15, -0.1) is 0 Å². The number of rotatable bonds is 4. The quantitative estimate of drug-likeness (QED) is 0.917. The van der Waals surface area contributed by atoms with E-state index in [1.54, 1.807) is 0 Å². The van der Waals surface area contributed by atoms with Gasteiger partial charge in [-0.3, -0.25) is 4.79 Å². The SMILES string of the molecule is Cc1ccc(-c2cc(CCC(=O)O)sn2)c(C)c1. The number of benzene rings is 1. The molecule has 1 N–H and O–H groups in total. The standard InChI is InChI=1S/C14H15NO2S/c1-9-3-5-12(10(2)7-9)13-8-11(18-15-13)4-6-14(16)17/h3,5,7-8H,4,6H2,1-2H3,(H,16,17). The van der Waals surface area contributed by atoms with Gasteiger partial charge in [0.25, 0.3) is 0 Å². The zero-order chi connectivity index (χ0) is 13.1. The smallest absolute Gasteiger partial charge is 0.303 e. The van der Waals surface area contributed by atoms with Crippen LogP contribution in [0.15, 0.2) is 24.3 Å². The summed E-state index contributed by atoms with van der Waals surface area (Å²) in [6, 6.07) is 8.26. The van der Waals surface area contributed by atoms with Gasteiger partial charge >= 0.3 is 5.97 Å². The highest BCUT2D eigenvalue weighted by Crippen LogP contribution is 2.26. The molecule has 3 nitrogen and oxygen atoms in total. The van der Waals surface area contributed by atoms with Crippen LogP contribution in [0.25, 0.3) is 11.3 Å². The summed E-state index contributed by atoms with van der Waals surface area (Å²) in [6.07, 6.45) is 0.715. The molecule has 0 spiro atoms. The van der Waals surface area contributed by atoms with Gasteiger partial charge in [-0.25, -0.2) is 0 Å². The van der Waals surface area contributed by atoms with E-state index in [4.69, 9.17) is 5.11 Å². The van der Waals surface area contributed by atoms with Crippen molar-refractivity contribution in [1.82, 2.24) is 4.37 Å². The van der Waals surface area contributed by atoms with Crippen molar-refractivity contribution in [3.8, 4) is 11.3 Å². The van der Waals surface area contributed by atoms with E-state index < -0.39 is 5.97 Å². The van der Waals surface area contributed by atoms with Gasteiger partial charge in [0.05, 0.1) is 12.1 Å². The number of hydrogen-bond acceptors (Lipinski definition) is 3. The number of carboxylic acid groups (broad SMARTS) is 1. The molecule has 0 aliphatic carbocycles. The monoisotopic (exact) mass is 261 g/mol. The molecule has 1 heterocycles. The van der Waals surface area contributed by atoms with E-state index in [1.165, 1.54) is 22.7 Å². The Morgan fingerprint density at radius 1 is 1.33 bits per heavy atom. The van der Waals surface area contributed by atoms with Crippen molar-refractivity contribution in [2.45, 2.75) is 26.7 Å². The predicted octanol–water partition coefficient (Wildman–Crippen LogP) is 3.44. The second-order valence-corrected chi connectivity index (χ2v) is 5.28. The third kappa shape index (κ3) is 2.96. The van der Waals surface area contributed by atoms with Crippen LogP contribution in [0.4, 0.5) is 0 Å². The second-order valence-electron chi connectivity index (χ2n) is 4.39. The Morgan fingerprint density at radius 2 is 2.11 bits per heavy atom. The van der Waals surface area contributed by atoms with Crippen LogP contribution >= 0.6 is 11.5 Å². The van der Waals surface area contributed by atoms with Crippen LogP contribution in [0.5, 0.6) is 0 Å². The largest absolute Gasteiger partial charge is 0.481 e. The molecule has 0 saturated carbocycles. The average molecular weight is 261 g/mol. The summed E-state index contributed by atoms with van der Waals surface area (Å²) < 4.78 is 4.40. The Morgan fingerprint density at radius 3 is 2.78 bits per heavy atom. The molecule has 94 valence electrons. The van der Waals surface area contributed by atoms with Crippen LogP contribution < -0.4 is 0 Å². The zero-order valence-corrected chi connectivity index (χ0v) is 11.3. The van der Waals surface area contributed by atoms with Crippen molar-refractivity contribution < 1.29 is 9.90 Å². The van der Waals surface area contributed by atoms with Crippen molar-refractivity contribution >= 4 is 17.5 Å². The van der Waals surface area contributed by atoms with E-state index in [2.05, 4.69) is 36.4 Å². The van der Waals surface area contributed by atoms with E-state index >= 15 is 0 Å². The number of carboxylic acids is 1. The molecule has 0 bridgehead atoms. The first-order chi connectivity index (χ1) is 8.56. The molecule has 0 radical (unpaired) electrons. The van der Waals surface area contributed by atoms with Crippen molar-refractivity contribution in [3.63, 3.8) is 0 Å². The molecule has 2 rings (SSSR count). The van der Waals surface area contributed by atoms with Crippen LogP contribution in [0.2, 0.25) is 0 Å². The second kappa shape index (κ2) is 5.31. The molecule has 0 unspecified atom stereocenters. The fourth-order valence-corrected chi connectivity index (χ4v) is 2.61. The van der Waals surface area contributed by atoms with Crippen LogP contribution in [-0.4, -0.2) is 15.4 Å². The Balaban J connectivity index is 2.21. The lowest BCUT2D eigenvalue weighted by Gasteiger charge is -2.03. The number of aryl methyl sites for hydroxylation is 3. The number of hydrogen-bond donors (Lipinski definition) is 1. The molecule has 18 heavy (non-hydrogen) atoms. The number of nitrogens with zero attached hydrogens (tertiary/aromatic N) is 1. The minimum atomic E-state index is -0.767. The maximum atomic E-state index is 10.5. The summed E-state index contributed by atoms with van der Waals surface area (Å²) in [7, 11) is 0. The molecular weight excluding hydrogens is 246 g/mol. The van der Waals surface area contributed by atoms with Crippen molar-refractivity contribution in [2.24, 2.45) is 0 Å².